The van der Waals surface area contributed by atoms with Crippen LogP contribution in [0.3, 0.4) is 0 Å². The number of benzene rings is 1. The molecule has 0 amide bonds. The molecule has 1 aromatic carbocycles. The second-order valence-corrected chi connectivity index (χ2v) is 7.37. The molecule has 2 heteroatoms. The molecular formula is C17H24BrN. The maximum atomic E-state index is 3.90. The first-order chi connectivity index (χ1) is 9.20. The summed E-state index contributed by atoms with van der Waals surface area (Å²) < 4.78 is 1.18. The van der Waals surface area contributed by atoms with Crippen LogP contribution in [0.1, 0.15) is 63.5 Å². The number of hydrogen-bond acceptors (Lipinski definition) is 1. The molecule has 19 heavy (non-hydrogen) atoms. The van der Waals surface area contributed by atoms with Gasteiger partial charge in [0, 0.05) is 16.6 Å². The molecule has 2 unspecified atom stereocenters. The van der Waals surface area contributed by atoms with E-state index < -0.39 is 0 Å². The van der Waals surface area contributed by atoms with Gasteiger partial charge in [0.05, 0.1) is 0 Å². The summed E-state index contributed by atoms with van der Waals surface area (Å²) in [7, 11) is 0. The molecule has 2 saturated carbocycles. The fraction of sp³-hybridized carbons (Fsp3) is 0.647. The first-order valence-corrected chi connectivity index (χ1v) is 8.50. The van der Waals surface area contributed by atoms with E-state index in [0.29, 0.717) is 11.5 Å². The van der Waals surface area contributed by atoms with Gasteiger partial charge in [0.1, 0.15) is 0 Å². The zero-order valence-electron chi connectivity index (χ0n) is 11.8. The van der Waals surface area contributed by atoms with Gasteiger partial charge in [-0.25, -0.2) is 0 Å². The average molecular weight is 322 g/mol. The Kier molecular flexibility index (Phi) is 4.00. The third kappa shape index (κ3) is 2.75. The van der Waals surface area contributed by atoms with Crippen LogP contribution in [0.4, 0.5) is 0 Å². The Morgan fingerprint density at radius 2 is 2.00 bits per heavy atom. The summed E-state index contributed by atoms with van der Waals surface area (Å²) in [6, 6.07) is 9.92. The third-order valence-electron chi connectivity index (χ3n) is 5.32. The monoisotopic (exact) mass is 321 g/mol. The minimum absolute atomic E-state index is 0.460. The van der Waals surface area contributed by atoms with Gasteiger partial charge in [-0.15, -0.1) is 0 Å². The Hall–Kier alpha value is -0.340. The summed E-state index contributed by atoms with van der Waals surface area (Å²) in [5, 5.41) is 3.90. The average Bonchev–Trinajstić information content (AvgIpc) is 2.44. The van der Waals surface area contributed by atoms with Gasteiger partial charge in [0.15, 0.2) is 0 Å². The zero-order chi connectivity index (χ0) is 13.3. The van der Waals surface area contributed by atoms with E-state index in [1.165, 1.54) is 55.0 Å². The van der Waals surface area contributed by atoms with Crippen molar-refractivity contribution in [2.75, 3.05) is 0 Å². The highest BCUT2D eigenvalue weighted by Crippen LogP contribution is 2.52. The van der Waals surface area contributed by atoms with E-state index >= 15 is 0 Å². The molecule has 0 aromatic heterocycles. The van der Waals surface area contributed by atoms with Crippen LogP contribution in [0.5, 0.6) is 0 Å². The molecule has 1 aromatic rings. The molecule has 0 radical (unpaired) electrons. The minimum atomic E-state index is 0.460. The maximum Gasteiger partial charge on any atom is 0.0294 e. The predicted octanol–water partition coefficient (Wildman–Crippen LogP) is 5.21. The molecular weight excluding hydrogens is 298 g/mol. The SMILES string of the molecule is CC(NC1CCC12CCCCC2)c1cccc(Br)c1. The summed E-state index contributed by atoms with van der Waals surface area (Å²) >= 11 is 3.57. The van der Waals surface area contributed by atoms with Crippen LogP contribution in [-0.4, -0.2) is 6.04 Å². The molecule has 2 aliphatic carbocycles. The second-order valence-electron chi connectivity index (χ2n) is 6.46. The van der Waals surface area contributed by atoms with Crippen molar-refractivity contribution in [1.29, 1.82) is 0 Å². The summed E-state index contributed by atoms with van der Waals surface area (Å²) in [5.41, 5.74) is 2.05. The molecule has 1 spiro atoms. The number of halogens is 1. The molecule has 104 valence electrons. The fourth-order valence-corrected chi connectivity index (χ4v) is 4.40. The third-order valence-corrected chi connectivity index (χ3v) is 5.81. The second kappa shape index (κ2) is 5.57. The first kappa shape index (κ1) is 13.6. The van der Waals surface area contributed by atoms with Crippen molar-refractivity contribution >= 4 is 15.9 Å². The lowest BCUT2D eigenvalue weighted by atomic mass is 9.57. The van der Waals surface area contributed by atoms with E-state index in [0.717, 1.165) is 6.04 Å². The Morgan fingerprint density at radius 3 is 2.63 bits per heavy atom. The molecule has 2 aliphatic rings. The largest absolute Gasteiger partial charge is 0.307 e. The summed E-state index contributed by atoms with van der Waals surface area (Å²) in [4.78, 5) is 0. The van der Waals surface area contributed by atoms with Crippen molar-refractivity contribution in [1.82, 2.24) is 5.32 Å². The predicted molar refractivity (Wildman–Crippen MR) is 84.2 cm³/mol. The minimum Gasteiger partial charge on any atom is -0.307 e. The van der Waals surface area contributed by atoms with E-state index in [1.807, 2.05) is 0 Å². The Labute approximate surface area is 125 Å². The molecule has 0 aliphatic heterocycles. The molecule has 0 bridgehead atoms. The van der Waals surface area contributed by atoms with Crippen LogP contribution in [0, 0.1) is 5.41 Å². The topological polar surface area (TPSA) is 12.0 Å². The van der Waals surface area contributed by atoms with Crippen molar-refractivity contribution in [3.8, 4) is 0 Å². The van der Waals surface area contributed by atoms with Gasteiger partial charge in [-0.1, -0.05) is 47.3 Å². The van der Waals surface area contributed by atoms with Gasteiger partial charge in [-0.3, -0.25) is 0 Å². The number of rotatable bonds is 3. The van der Waals surface area contributed by atoms with Crippen LogP contribution in [-0.2, 0) is 0 Å². The smallest absolute Gasteiger partial charge is 0.0294 e. The Morgan fingerprint density at radius 1 is 1.21 bits per heavy atom. The van der Waals surface area contributed by atoms with E-state index in [9.17, 15) is 0 Å². The van der Waals surface area contributed by atoms with Crippen LogP contribution < -0.4 is 5.32 Å². The molecule has 2 fully saturated rings. The van der Waals surface area contributed by atoms with E-state index in [1.54, 1.807) is 0 Å². The normalized spacial score (nSPS) is 26.9. The van der Waals surface area contributed by atoms with Crippen molar-refractivity contribution in [2.45, 2.75) is 64.0 Å². The van der Waals surface area contributed by atoms with Crippen LogP contribution in [0.15, 0.2) is 28.7 Å². The van der Waals surface area contributed by atoms with E-state index in [-0.39, 0.29) is 0 Å². The van der Waals surface area contributed by atoms with Crippen LogP contribution >= 0.6 is 15.9 Å². The van der Waals surface area contributed by atoms with Gasteiger partial charge in [0.25, 0.3) is 0 Å². The van der Waals surface area contributed by atoms with Gasteiger partial charge >= 0.3 is 0 Å². The molecule has 3 rings (SSSR count). The van der Waals surface area contributed by atoms with Gasteiger partial charge in [-0.05, 0) is 55.7 Å². The molecule has 0 heterocycles. The molecule has 2 atom stereocenters. The lowest BCUT2D eigenvalue weighted by Gasteiger charge is -2.53. The molecule has 1 nitrogen and oxygen atoms in total. The summed E-state index contributed by atoms with van der Waals surface area (Å²) in [6.45, 7) is 2.30. The lowest BCUT2D eigenvalue weighted by Crippen LogP contribution is -2.54. The van der Waals surface area contributed by atoms with Gasteiger partial charge < -0.3 is 5.32 Å². The molecule has 0 saturated heterocycles. The number of nitrogens with one attached hydrogen (secondary N) is 1. The van der Waals surface area contributed by atoms with Crippen LogP contribution in [0.25, 0.3) is 0 Å². The first-order valence-electron chi connectivity index (χ1n) is 7.71. The lowest BCUT2D eigenvalue weighted by molar-refractivity contribution is 0.0174. The highest BCUT2D eigenvalue weighted by Gasteiger charge is 2.46. The van der Waals surface area contributed by atoms with E-state index in [4.69, 9.17) is 0 Å². The highest BCUT2D eigenvalue weighted by molar-refractivity contribution is 9.10. The molecule has 1 N–H and O–H groups in total. The maximum absolute atomic E-state index is 3.90. The van der Waals surface area contributed by atoms with Crippen molar-refractivity contribution in [3.05, 3.63) is 34.3 Å². The Balaban J connectivity index is 1.65. The van der Waals surface area contributed by atoms with Crippen molar-refractivity contribution in [3.63, 3.8) is 0 Å². The Bertz CT molecular complexity index is 437. The highest BCUT2D eigenvalue weighted by atomic mass is 79.9. The van der Waals surface area contributed by atoms with E-state index in [2.05, 4.69) is 52.4 Å². The standard InChI is InChI=1S/C17H24BrN/c1-13(14-6-5-7-15(18)12-14)19-16-8-11-17(16)9-3-2-4-10-17/h5-7,12-13,16,19H,2-4,8-11H2,1H3. The van der Waals surface area contributed by atoms with Gasteiger partial charge in [-0.2, -0.15) is 0 Å². The fourth-order valence-electron chi connectivity index (χ4n) is 3.99. The van der Waals surface area contributed by atoms with Gasteiger partial charge in [0.2, 0.25) is 0 Å². The van der Waals surface area contributed by atoms with Crippen molar-refractivity contribution < 1.29 is 0 Å². The summed E-state index contributed by atoms with van der Waals surface area (Å²) in [5.74, 6) is 0. The van der Waals surface area contributed by atoms with Crippen LogP contribution in [0.2, 0.25) is 0 Å². The summed E-state index contributed by atoms with van der Waals surface area (Å²) in [6.07, 6.45) is 10.1. The number of hydrogen-bond donors (Lipinski definition) is 1. The zero-order valence-corrected chi connectivity index (χ0v) is 13.4. The van der Waals surface area contributed by atoms with Crippen molar-refractivity contribution in [2.24, 2.45) is 5.41 Å². The quantitative estimate of drug-likeness (QED) is 0.805.